The second-order valence-corrected chi connectivity index (χ2v) is 10.4. The van der Waals surface area contributed by atoms with Crippen molar-refractivity contribution < 1.29 is 22.7 Å². The van der Waals surface area contributed by atoms with Crippen molar-refractivity contribution in [1.82, 2.24) is 4.31 Å². The van der Waals surface area contributed by atoms with E-state index < -0.39 is 10.0 Å². The minimum atomic E-state index is -3.66. The fourth-order valence-electron chi connectivity index (χ4n) is 4.05. The van der Waals surface area contributed by atoms with Crippen molar-refractivity contribution in [3.05, 3.63) is 48.0 Å². The van der Waals surface area contributed by atoms with Crippen LogP contribution in [0.25, 0.3) is 0 Å². The van der Waals surface area contributed by atoms with Gasteiger partial charge in [0, 0.05) is 31.9 Å². The van der Waals surface area contributed by atoms with Crippen molar-refractivity contribution in [2.24, 2.45) is 0 Å². The van der Waals surface area contributed by atoms with Crippen LogP contribution in [0.2, 0.25) is 0 Å². The molecule has 2 fully saturated rings. The number of benzene rings is 2. The highest BCUT2D eigenvalue weighted by atomic mass is 32.2. The van der Waals surface area contributed by atoms with Crippen molar-refractivity contribution in [1.29, 1.82) is 0 Å². The molecule has 0 aliphatic carbocycles. The summed E-state index contributed by atoms with van der Waals surface area (Å²) in [6, 6.07) is 12.5. The second-order valence-electron chi connectivity index (χ2n) is 8.51. The first kappa shape index (κ1) is 24.5. The number of rotatable bonds is 9. The van der Waals surface area contributed by atoms with E-state index in [1.165, 1.54) is 4.31 Å². The lowest BCUT2D eigenvalue weighted by Gasteiger charge is -2.26. The Balaban J connectivity index is 1.49. The van der Waals surface area contributed by atoms with Crippen LogP contribution in [0.5, 0.6) is 0 Å². The third kappa shape index (κ3) is 6.26. The predicted octanol–water partition coefficient (Wildman–Crippen LogP) is 2.66. The molecule has 1 atom stereocenters. The van der Waals surface area contributed by atoms with Gasteiger partial charge in [-0.25, -0.2) is 8.42 Å². The molecule has 2 aliphatic heterocycles. The van der Waals surface area contributed by atoms with Crippen LogP contribution in [0.15, 0.2) is 47.4 Å². The summed E-state index contributed by atoms with van der Waals surface area (Å²) in [4.78, 5) is 12.7. The van der Waals surface area contributed by atoms with E-state index in [1.54, 1.807) is 18.2 Å². The Morgan fingerprint density at radius 1 is 1.06 bits per heavy atom. The maximum Gasteiger partial charge on any atom is 0.243 e. The van der Waals surface area contributed by atoms with Crippen LogP contribution >= 0.6 is 0 Å². The van der Waals surface area contributed by atoms with Gasteiger partial charge in [-0.2, -0.15) is 4.31 Å². The number of carbonyl (C=O) groups excluding carboxylic acids is 1. The van der Waals surface area contributed by atoms with Crippen molar-refractivity contribution in [3.63, 3.8) is 0 Å². The van der Waals surface area contributed by atoms with E-state index in [1.807, 2.05) is 31.2 Å². The highest BCUT2D eigenvalue weighted by Crippen LogP contribution is 2.28. The first-order valence-electron chi connectivity index (χ1n) is 11.6. The molecule has 1 amide bonds. The molecule has 2 aromatic carbocycles. The Morgan fingerprint density at radius 2 is 1.88 bits per heavy atom. The summed E-state index contributed by atoms with van der Waals surface area (Å²) in [5.41, 5.74) is 3.03. The van der Waals surface area contributed by atoms with Crippen LogP contribution in [0.1, 0.15) is 18.4 Å². The molecular weight excluding hydrogens is 456 g/mol. The van der Waals surface area contributed by atoms with Crippen LogP contribution in [0, 0.1) is 6.92 Å². The third-order valence-electron chi connectivity index (χ3n) is 5.88. The molecule has 2 saturated heterocycles. The van der Waals surface area contributed by atoms with Gasteiger partial charge in [0.1, 0.15) is 0 Å². The second kappa shape index (κ2) is 11.2. The number of amides is 1. The zero-order valence-electron chi connectivity index (χ0n) is 19.4. The zero-order chi connectivity index (χ0) is 24.0. The van der Waals surface area contributed by atoms with Crippen molar-refractivity contribution >= 4 is 33.0 Å². The predicted molar refractivity (Wildman–Crippen MR) is 132 cm³/mol. The number of sulfonamides is 1. The maximum atomic E-state index is 13.2. The summed E-state index contributed by atoms with van der Waals surface area (Å²) in [6.07, 6.45) is 2.14. The molecule has 0 spiro atoms. The number of hydrogen-bond donors (Lipinski definition) is 3. The molecule has 0 aromatic heterocycles. The monoisotopic (exact) mass is 488 g/mol. The van der Waals surface area contributed by atoms with Gasteiger partial charge in [0.25, 0.3) is 0 Å². The fraction of sp³-hybridized carbons (Fsp3) is 0.458. The van der Waals surface area contributed by atoms with Crippen LogP contribution in [0.4, 0.5) is 17.1 Å². The molecule has 10 heteroatoms. The van der Waals surface area contributed by atoms with E-state index in [9.17, 15) is 13.2 Å². The van der Waals surface area contributed by atoms with E-state index in [2.05, 4.69) is 16.0 Å². The molecule has 2 aliphatic rings. The Kier molecular flexibility index (Phi) is 8.04. The summed E-state index contributed by atoms with van der Waals surface area (Å²) >= 11 is 0. The molecule has 9 nitrogen and oxygen atoms in total. The van der Waals surface area contributed by atoms with Gasteiger partial charge in [0.15, 0.2) is 0 Å². The van der Waals surface area contributed by atoms with Crippen LogP contribution in [0.3, 0.4) is 0 Å². The molecule has 0 unspecified atom stereocenters. The Hall–Kier alpha value is -2.66. The molecule has 2 heterocycles. The van der Waals surface area contributed by atoms with Gasteiger partial charge < -0.3 is 25.4 Å². The quantitative estimate of drug-likeness (QED) is 0.498. The first-order valence-corrected chi connectivity index (χ1v) is 13.0. The lowest BCUT2D eigenvalue weighted by atomic mass is 10.2. The number of anilines is 3. The molecule has 0 bridgehead atoms. The molecule has 3 N–H and O–H groups in total. The number of carbonyl (C=O) groups is 1. The van der Waals surface area contributed by atoms with Crippen molar-refractivity contribution in [2.45, 2.75) is 30.8 Å². The topological polar surface area (TPSA) is 109 Å². The van der Waals surface area contributed by atoms with Gasteiger partial charge in [0.05, 0.1) is 42.1 Å². The van der Waals surface area contributed by atoms with Crippen LogP contribution in [-0.2, 0) is 24.3 Å². The van der Waals surface area contributed by atoms with Crippen LogP contribution < -0.4 is 16.0 Å². The molecule has 0 radical (unpaired) electrons. The summed E-state index contributed by atoms with van der Waals surface area (Å²) in [6.45, 7) is 4.72. The minimum Gasteiger partial charge on any atom is -0.381 e. The minimum absolute atomic E-state index is 0.0103. The van der Waals surface area contributed by atoms with Gasteiger partial charge >= 0.3 is 0 Å². The molecular formula is C24H32N4O5S. The lowest BCUT2D eigenvalue weighted by molar-refractivity contribution is -0.114. The van der Waals surface area contributed by atoms with E-state index in [4.69, 9.17) is 9.47 Å². The average Bonchev–Trinajstić information content (AvgIpc) is 3.36. The summed E-state index contributed by atoms with van der Waals surface area (Å²) < 4.78 is 38.7. The number of aryl methyl sites for hydroxylation is 1. The molecule has 34 heavy (non-hydrogen) atoms. The van der Waals surface area contributed by atoms with Crippen molar-refractivity contribution in [3.8, 4) is 0 Å². The lowest BCUT2D eigenvalue weighted by Crippen LogP contribution is -2.40. The van der Waals surface area contributed by atoms with E-state index >= 15 is 0 Å². The van der Waals surface area contributed by atoms with Gasteiger partial charge in [-0.1, -0.05) is 12.1 Å². The van der Waals surface area contributed by atoms with Gasteiger partial charge in [-0.05, 0) is 55.7 Å². The van der Waals surface area contributed by atoms with Gasteiger partial charge in [-0.3, -0.25) is 4.79 Å². The van der Waals surface area contributed by atoms with Gasteiger partial charge in [0.2, 0.25) is 15.9 Å². The van der Waals surface area contributed by atoms with E-state index in [0.29, 0.717) is 44.2 Å². The number of ether oxygens (including phenoxy) is 2. The standard InChI is InChI=1S/C24H32N4O5S/c1-18-4-2-5-19(14-18)27-24(29)17-26-23-15-21(34(30,31)28-9-12-32-13-10-28)7-8-22(23)25-16-20-6-3-11-33-20/h2,4-5,7-8,14-15,20,25-26H,3,6,9-13,16-17H2,1H3,(H,27,29)/t20-/m1/s1. The SMILES string of the molecule is Cc1cccc(NC(=O)CNc2cc(S(=O)(=O)N3CCOCC3)ccc2NC[C@H]2CCCO2)c1. The van der Waals surface area contributed by atoms with Crippen LogP contribution in [-0.4, -0.2) is 70.7 Å². The summed E-state index contributed by atoms with van der Waals surface area (Å²) in [5, 5.41) is 9.33. The first-order chi connectivity index (χ1) is 16.4. The number of hydrogen-bond acceptors (Lipinski definition) is 7. The average molecular weight is 489 g/mol. The number of nitrogens with zero attached hydrogens (tertiary/aromatic N) is 1. The molecule has 2 aromatic rings. The van der Waals surface area contributed by atoms with E-state index in [-0.39, 0.29) is 23.5 Å². The highest BCUT2D eigenvalue weighted by molar-refractivity contribution is 7.89. The molecule has 0 saturated carbocycles. The summed E-state index contributed by atoms with van der Waals surface area (Å²) in [7, 11) is -3.66. The smallest absolute Gasteiger partial charge is 0.243 e. The Bertz CT molecular complexity index is 1100. The van der Waals surface area contributed by atoms with Gasteiger partial charge in [-0.15, -0.1) is 0 Å². The maximum absolute atomic E-state index is 13.2. The fourth-order valence-corrected chi connectivity index (χ4v) is 5.49. The largest absolute Gasteiger partial charge is 0.381 e. The number of nitrogens with one attached hydrogen (secondary N) is 3. The molecule has 184 valence electrons. The Labute approximate surface area is 200 Å². The summed E-state index contributed by atoms with van der Waals surface area (Å²) in [5.74, 6) is -0.225. The van der Waals surface area contributed by atoms with E-state index in [0.717, 1.165) is 30.7 Å². The highest BCUT2D eigenvalue weighted by Gasteiger charge is 2.27. The normalized spacial score (nSPS) is 19.0. The number of morpholine rings is 1. The zero-order valence-corrected chi connectivity index (χ0v) is 20.2. The molecule has 4 rings (SSSR count). The third-order valence-corrected chi connectivity index (χ3v) is 7.78. The van der Waals surface area contributed by atoms with Crippen molar-refractivity contribution in [2.75, 3.05) is 62.0 Å². The Morgan fingerprint density at radius 3 is 2.62 bits per heavy atom.